The van der Waals surface area contributed by atoms with Crippen molar-refractivity contribution in [3.05, 3.63) is 205 Å². The van der Waals surface area contributed by atoms with Crippen LogP contribution < -0.4 is 9.80 Å². The van der Waals surface area contributed by atoms with Crippen LogP contribution in [0, 0.1) is 13.8 Å². The number of furan rings is 2. The lowest BCUT2D eigenvalue weighted by Crippen LogP contribution is -2.11. The third-order valence-electron chi connectivity index (χ3n) is 12.0. The maximum absolute atomic E-state index is 7.16. The van der Waals surface area contributed by atoms with Crippen molar-refractivity contribution < 1.29 is 8.83 Å². The Morgan fingerprint density at radius 2 is 0.783 bits per heavy atom. The average Bonchev–Trinajstić information content (AvgIpc) is 3.83. The zero-order valence-corrected chi connectivity index (χ0v) is 33.2. The number of fused-ring (bicyclic) bond motifs is 9. The Morgan fingerprint density at radius 1 is 0.300 bits per heavy atom. The molecule has 0 saturated carbocycles. The van der Waals surface area contributed by atoms with Gasteiger partial charge in [-0.2, -0.15) is 0 Å². The fraction of sp³-hybridized carbons (Fsp3) is 0.0357. The van der Waals surface area contributed by atoms with Crippen molar-refractivity contribution in [3.63, 3.8) is 0 Å². The van der Waals surface area contributed by atoms with Crippen LogP contribution in [0.1, 0.15) is 11.1 Å². The molecule has 0 aliphatic heterocycles. The molecule has 0 spiro atoms. The van der Waals surface area contributed by atoms with Crippen molar-refractivity contribution >= 4 is 110 Å². The largest absolute Gasteiger partial charge is 0.454 e. The van der Waals surface area contributed by atoms with Crippen LogP contribution >= 0.6 is 0 Å². The van der Waals surface area contributed by atoms with Crippen LogP contribution in [0.5, 0.6) is 0 Å². The Balaban J connectivity index is 1.11. The van der Waals surface area contributed by atoms with E-state index in [0.717, 1.165) is 94.2 Å². The van der Waals surface area contributed by atoms with E-state index in [9.17, 15) is 0 Å². The van der Waals surface area contributed by atoms with E-state index in [1.165, 1.54) is 27.3 Å². The van der Waals surface area contributed by atoms with E-state index in [-0.39, 0.29) is 0 Å². The number of hydrogen-bond acceptors (Lipinski definition) is 4. The molecule has 12 aromatic rings. The number of para-hydroxylation sites is 1. The minimum absolute atomic E-state index is 0.777. The summed E-state index contributed by atoms with van der Waals surface area (Å²) >= 11 is 0. The SMILES string of the molecule is Cc1cccc(N(c2ccc3ccccc3c2)c2ccc3cc4c(cc3c2)oc2c(N(c3cccc(C)c3)c3ccc5ccccc5c3)c3oc5ccccc5c3cc24)c1. The predicted molar refractivity (Wildman–Crippen MR) is 252 cm³/mol. The van der Waals surface area contributed by atoms with Crippen molar-refractivity contribution in [1.82, 2.24) is 0 Å². The minimum Gasteiger partial charge on any atom is -0.454 e. The van der Waals surface area contributed by atoms with Gasteiger partial charge in [0.1, 0.15) is 16.9 Å². The molecule has 4 nitrogen and oxygen atoms in total. The predicted octanol–water partition coefficient (Wildman–Crippen LogP) is 16.5. The summed E-state index contributed by atoms with van der Waals surface area (Å²) in [5.74, 6) is 0. The normalized spacial score (nSPS) is 11.8. The molecule has 0 aliphatic carbocycles. The highest BCUT2D eigenvalue weighted by Gasteiger charge is 2.27. The number of hydrogen-bond donors (Lipinski definition) is 0. The van der Waals surface area contributed by atoms with Gasteiger partial charge < -0.3 is 18.6 Å². The van der Waals surface area contributed by atoms with E-state index < -0.39 is 0 Å². The fourth-order valence-electron chi connectivity index (χ4n) is 9.16. The molecule has 0 saturated heterocycles. The van der Waals surface area contributed by atoms with Gasteiger partial charge in [-0.25, -0.2) is 0 Å². The molecular formula is C56H38N2O2. The van der Waals surface area contributed by atoms with Crippen LogP contribution in [0.4, 0.5) is 34.1 Å². The summed E-state index contributed by atoms with van der Waals surface area (Å²) in [5.41, 5.74) is 11.8. The molecule has 0 bridgehead atoms. The molecule has 0 unspecified atom stereocenters. The first kappa shape index (κ1) is 34.2. The van der Waals surface area contributed by atoms with E-state index in [1.54, 1.807) is 0 Å². The van der Waals surface area contributed by atoms with Crippen molar-refractivity contribution in [2.75, 3.05) is 9.80 Å². The van der Waals surface area contributed by atoms with Gasteiger partial charge in [0.2, 0.25) is 0 Å². The Bertz CT molecular complexity index is 3670. The second-order valence-corrected chi connectivity index (χ2v) is 16.0. The van der Waals surface area contributed by atoms with E-state index in [1.807, 2.05) is 6.07 Å². The maximum atomic E-state index is 7.16. The molecule has 4 heteroatoms. The van der Waals surface area contributed by atoms with Gasteiger partial charge in [0.15, 0.2) is 11.2 Å². The zero-order valence-electron chi connectivity index (χ0n) is 33.2. The number of aryl methyl sites for hydroxylation is 2. The van der Waals surface area contributed by atoms with Crippen LogP contribution in [0.3, 0.4) is 0 Å². The molecular weight excluding hydrogens is 733 g/mol. The minimum atomic E-state index is 0.777. The number of anilines is 6. The topological polar surface area (TPSA) is 32.8 Å². The summed E-state index contributed by atoms with van der Waals surface area (Å²) in [4.78, 5) is 4.67. The first-order valence-corrected chi connectivity index (χ1v) is 20.5. The van der Waals surface area contributed by atoms with Gasteiger partial charge in [0, 0.05) is 50.0 Å². The van der Waals surface area contributed by atoms with Gasteiger partial charge in [-0.15, -0.1) is 0 Å². The van der Waals surface area contributed by atoms with E-state index in [0.29, 0.717) is 0 Å². The average molecular weight is 771 g/mol. The summed E-state index contributed by atoms with van der Waals surface area (Å²) in [7, 11) is 0. The Kier molecular flexibility index (Phi) is 7.63. The monoisotopic (exact) mass is 770 g/mol. The van der Waals surface area contributed by atoms with Crippen LogP contribution in [0.15, 0.2) is 203 Å². The Labute approximate surface area is 346 Å². The number of benzene rings is 10. The fourth-order valence-corrected chi connectivity index (χ4v) is 9.16. The number of nitrogens with zero attached hydrogens (tertiary/aromatic N) is 2. The standard InChI is InChI=1S/C56H38N2O2/c1-35-11-9-17-43(27-35)57(45-24-21-37-13-3-5-15-39(37)29-45)46-26-23-41-32-49-51-34-50-48-19-7-8-20-52(48)59-55(50)54(56(51)60-53(49)33-42(41)31-46)58(44-18-10-12-36(2)28-44)47-25-22-38-14-4-6-16-40(38)30-47/h3-34H,1-2H3. The molecule has 2 heterocycles. The highest BCUT2D eigenvalue weighted by Crippen LogP contribution is 2.50. The summed E-state index contributed by atoms with van der Waals surface area (Å²) in [5, 5.41) is 11.2. The van der Waals surface area contributed by atoms with Crippen molar-refractivity contribution in [2.45, 2.75) is 13.8 Å². The van der Waals surface area contributed by atoms with E-state index >= 15 is 0 Å². The summed E-state index contributed by atoms with van der Waals surface area (Å²) < 4.78 is 14.0. The van der Waals surface area contributed by atoms with E-state index in [2.05, 4.69) is 212 Å². The molecule has 284 valence electrons. The second-order valence-electron chi connectivity index (χ2n) is 16.0. The molecule has 10 aromatic carbocycles. The summed E-state index contributed by atoms with van der Waals surface area (Å²) in [6, 6.07) is 69.6. The van der Waals surface area contributed by atoms with Crippen molar-refractivity contribution in [1.29, 1.82) is 0 Å². The van der Waals surface area contributed by atoms with Gasteiger partial charge in [0.25, 0.3) is 0 Å². The van der Waals surface area contributed by atoms with Gasteiger partial charge >= 0.3 is 0 Å². The molecule has 0 N–H and O–H groups in total. The molecule has 0 atom stereocenters. The van der Waals surface area contributed by atoms with Gasteiger partial charge in [0.05, 0.1) is 0 Å². The molecule has 2 aromatic heterocycles. The molecule has 60 heavy (non-hydrogen) atoms. The highest BCUT2D eigenvalue weighted by molar-refractivity contribution is 6.24. The highest BCUT2D eigenvalue weighted by atomic mass is 16.3. The lowest BCUT2D eigenvalue weighted by molar-refractivity contribution is 0.657. The van der Waals surface area contributed by atoms with Crippen molar-refractivity contribution in [3.8, 4) is 0 Å². The van der Waals surface area contributed by atoms with E-state index in [4.69, 9.17) is 8.83 Å². The van der Waals surface area contributed by atoms with Crippen molar-refractivity contribution in [2.24, 2.45) is 0 Å². The van der Waals surface area contributed by atoms with Crippen LogP contribution in [0.25, 0.3) is 76.2 Å². The quantitative estimate of drug-likeness (QED) is 0.169. The first-order valence-electron chi connectivity index (χ1n) is 20.5. The first-order chi connectivity index (χ1) is 29.5. The lowest BCUT2D eigenvalue weighted by atomic mass is 10.0. The summed E-state index contributed by atoms with van der Waals surface area (Å²) in [6.07, 6.45) is 0. The van der Waals surface area contributed by atoms with Gasteiger partial charge in [-0.3, -0.25) is 0 Å². The van der Waals surface area contributed by atoms with Crippen LogP contribution in [-0.4, -0.2) is 0 Å². The zero-order chi connectivity index (χ0) is 39.9. The third kappa shape index (κ3) is 5.53. The number of rotatable bonds is 6. The van der Waals surface area contributed by atoms with Crippen LogP contribution in [0.2, 0.25) is 0 Å². The lowest BCUT2D eigenvalue weighted by Gasteiger charge is -2.26. The Hall–Kier alpha value is -7.82. The van der Waals surface area contributed by atoms with Gasteiger partial charge in [-0.05, 0) is 142 Å². The van der Waals surface area contributed by atoms with Crippen LogP contribution in [-0.2, 0) is 0 Å². The molecule has 0 aliphatic rings. The Morgan fingerprint density at radius 3 is 1.43 bits per heavy atom. The van der Waals surface area contributed by atoms with Gasteiger partial charge in [-0.1, -0.05) is 109 Å². The molecule has 0 radical (unpaired) electrons. The maximum Gasteiger partial charge on any atom is 0.163 e. The third-order valence-corrected chi connectivity index (χ3v) is 12.0. The smallest absolute Gasteiger partial charge is 0.163 e. The molecule has 12 rings (SSSR count). The second kappa shape index (κ2) is 13.4. The molecule has 0 fully saturated rings. The molecule has 0 amide bonds. The summed E-state index contributed by atoms with van der Waals surface area (Å²) in [6.45, 7) is 4.29.